The van der Waals surface area contributed by atoms with E-state index in [-0.39, 0.29) is 24.4 Å². The van der Waals surface area contributed by atoms with Gasteiger partial charge < -0.3 is 14.7 Å². The Bertz CT molecular complexity index is 1180. The van der Waals surface area contributed by atoms with Crippen LogP contribution in [0.25, 0.3) is 0 Å². The van der Waals surface area contributed by atoms with Crippen molar-refractivity contribution in [2.75, 3.05) is 13.6 Å². The van der Waals surface area contributed by atoms with E-state index >= 15 is 0 Å². The molecule has 0 radical (unpaired) electrons. The first-order valence-electron chi connectivity index (χ1n) is 9.56. The maximum absolute atomic E-state index is 12.9. The van der Waals surface area contributed by atoms with Crippen LogP contribution in [0.5, 0.6) is 0 Å². The van der Waals surface area contributed by atoms with E-state index in [2.05, 4.69) is 27.0 Å². The number of hydrogen-bond acceptors (Lipinski definition) is 6. The normalized spacial score (nSPS) is 12.0. The second-order valence-electron chi connectivity index (χ2n) is 7.02. The molecule has 11 heteroatoms. The number of hydrogen-bond donors (Lipinski definition) is 2. The van der Waals surface area contributed by atoms with Crippen molar-refractivity contribution in [3.8, 4) is 11.8 Å². The molecule has 166 valence electrons. The average Bonchev–Trinajstić information content (AvgIpc) is 3.16. The number of rotatable bonds is 7. The van der Waals surface area contributed by atoms with Crippen LogP contribution in [0.3, 0.4) is 0 Å². The molecule has 0 aliphatic carbocycles. The summed E-state index contributed by atoms with van der Waals surface area (Å²) in [4.78, 5) is 38.2. The van der Waals surface area contributed by atoms with Gasteiger partial charge in [0.25, 0.3) is 5.91 Å². The van der Waals surface area contributed by atoms with Gasteiger partial charge in [-0.15, -0.1) is 5.10 Å². The van der Waals surface area contributed by atoms with Crippen LogP contribution in [0.1, 0.15) is 27.2 Å². The molecule has 0 fully saturated rings. The first-order chi connectivity index (χ1) is 15.2. The van der Waals surface area contributed by atoms with Crippen molar-refractivity contribution >= 4 is 13.7 Å². The van der Waals surface area contributed by atoms with E-state index in [0.717, 1.165) is 5.56 Å². The lowest BCUT2D eigenvalue weighted by molar-refractivity contribution is 0.0655. The molecule has 1 aromatic carbocycles. The first-order valence-corrected chi connectivity index (χ1v) is 11.1. The Morgan fingerprint density at radius 1 is 1.22 bits per heavy atom. The summed E-state index contributed by atoms with van der Waals surface area (Å²) in [6.45, 7) is -0.0334. The lowest BCUT2D eigenvalue weighted by Gasteiger charge is -2.25. The zero-order chi connectivity index (χ0) is 23.1. The van der Waals surface area contributed by atoms with Gasteiger partial charge >= 0.3 is 7.82 Å². The van der Waals surface area contributed by atoms with Gasteiger partial charge in [-0.3, -0.25) is 14.3 Å². The minimum Gasteiger partial charge on any atom is -0.339 e. The zero-order valence-electron chi connectivity index (χ0n) is 17.5. The van der Waals surface area contributed by atoms with E-state index < -0.39 is 13.9 Å². The number of likely N-dealkylation sites (N-methyl/N-ethyl adjacent to an activating group) is 1. The van der Waals surface area contributed by atoms with Crippen molar-refractivity contribution in [2.24, 2.45) is 7.05 Å². The highest BCUT2D eigenvalue weighted by Gasteiger charge is 2.25. The summed E-state index contributed by atoms with van der Waals surface area (Å²) in [5.74, 6) is 5.35. The Morgan fingerprint density at radius 2 is 1.97 bits per heavy atom. The highest BCUT2D eigenvalue weighted by molar-refractivity contribution is 7.46. The summed E-state index contributed by atoms with van der Waals surface area (Å²) < 4.78 is 16.4. The van der Waals surface area contributed by atoms with Gasteiger partial charge in [-0.2, -0.15) is 9.90 Å². The molecule has 1 amide bonds. The van der Waals surface area contributed by atoms with E-state index in [4.69, 9.17) is 4.52 Å². The molecule has 1 unspecified atom stereocenters. The Kier molecular flexibility index (Phi) is 7.51. The predicted octanol–water partition coefficient (Wildman–Crippen LogP) is 1.40. The van der Waals surface area contributed by atoms with Crippen LogP contribution >= 0.6 is 7.82 Å². The highest BCUT2D eigenvalue weighted by Crippen LogP contribution is 2.38. The van der Waals surface area contributed by atoms with Crippen LogP contribution in [0.4, 0.5) is 0 Å². The van der Waals surface area contributed by atoms with Crippen molar-refractivity contribution in [3.05, 3.63) is 77.4 Å². The Morgan fingerprint density at radius 3 is 2.62 bits per heavy atom. The van der Waals surface area contributed by atoms with Gasteiger partial charge in [-0.1, -0.05) is 36.3 Å². The van der Waals surface area contributed by atoms with Gasteiger partial charge in [0.15, 0.2) is 5.69 Å². The molecule has 32 heavy (non-hydrogen) atoms. The predicted molar refractivity (Wildman–Crippen MR) is 115 cm³/mol. The van der Waals surface area contributed by atoms with E-state index in [1.807, 2.05) is 30.3 Å². The Balaban J connectivity index is 1.72. The van der Waals surface area contributed by atoms with Gasteiger partial charge in [0.1, 0.15) is 0 Å². The monoisotopic (exact) mass is 455 g/mol. The minimum absolute atomic E-state index is 0.0334. The zero-order valence-corrected chi connectivity index (χ0v) is 18.4. The lowest BCUT2D eigenvalue weighted by Crippen LogP contribution is -2.36. The van der Waals surface area contributed by atoms with Crippen molar-refractivity contribution in [3.63, 3.8) is 0 Å². The number of amides is 1. The molecule has 0 spiro atoms. The molecule has 3 rings (SSSR count). The second-order valence-corrected chi connectivity index (χ2v) is 8.22. The molecule has 2 heterocycles. The smallest absolute Gasteiger partial charge is 0.339 e. The fourth-order valence-electron chi connectivity index (χ4n) is 2.98. The van der Waals surface area contributed by atoms with E-state index in [1.54, 1.807) is 13.1 Å². The molecule has 0 aliphatic rings. The summed E-state index contributed by atoms with van der Waals surface area (Å²) in [6.07, 6.45) is 3.78. The van der Waals surface area contributed by atoms with Crippen molar-refractivity contribution in [1.29, 1.82) is 0 Å². The lowest BCUT2D eigenvalue weighted by atomic mass is 10.1. The standard InChI is InChI=1S/C21H22N5O5P/c1-25(15-20(31-32(28,29)30)11-16-6-4-3-5-7-16)21(27)18-10-17(12-22-13-18)8-9-19-14-23-26(2)24-19/h3-7,10,12-14,20H,11,15H2,1-2H3,(H2,28,29,30). The van der Waals surface area contributed by atoms with E-state index in [1.165, 1.54) is 35.3 Å². The number of benzene rings is 1. The average molecular weight is 455 g/mol. The summed E-state index contributed by atoms with van der Waals surface area (Å²) in [7, 11) is -1.53. The van der Waals surface area contributed by atoms with Gasteiger partial charge in [-0.25, -0.2) is 4.57 Å². The quantitative estimate of drug-likeness (QED) is 0.404. The Labute approximate surface area is 185 Å². The number of aryl methyl sites for hydroxylation is 1. The molecule has 2 N–H and O–H groups in total. The van der Waals surface area contributed by atoms with Gasteiger partial charge in [0, 0.05) is 45.0 Å². The molecule has 0 saturated carbocycles. The third kappa shape index (κ3) is 7.11. The van der Waals surface area contributed by atoms with Gasteiger partial charge in [0.05, 0.1) is 17.9 Å². The number of pyridine rings is 1. The number of carbonyl (C=O) groups is 1. The van der Waals surface area contributed by atoms with E-state index in [0.29, 0.717) is 11.3 Å². The van der Waals surface area contributed by atoms with Crippen molar-refractivity contribution < 1.29 is 23.7 Å². The molecular formula is C21H22N5O5P. The number of aromatic nitrogens is 4. The maximum Gasteiger partial charge on any atom is 0.469 e. The molecule has 10 nitrogen and oxygen atoms in total. The summed E-state index contributed by atoms with van der Waals surface area (Å²) >= 11 is 0. The van der Waals surface area contributed by atoms with Crippen molar-refractivity contribution in [2.45, 2.75) is 12.5 Å². The third-order valence-corrected chi connectivity index (χ3v) is 4.91. The van der Waals surface area contributed by atoms with Crippen molar-refractivity contribution in [1.82, 2.24) is 24.9 Å². The molecule has 0 aliphatic heterocycles. The largest absolute Gasteiger partial charge is 0.469 e. The van der Waals surface area contributed by atoms with Gasteiger partial charge in [0.2, 0.25) is 0 Å². The molecule has 1 atom stereocenters. The molecule has 0 saturated heterocycles. The number of nitrogens with zero attached hydrogens (tertiary/aromatic N) is 5. The van der Waals surface area contributed by atoms with Crippen LogP contribution in [0, 0.1) is 11.8 Å². The summed E-state index contributed by atoms with van der Waals surface area (Å²) in [5, 5.41) is 8.01. The number of carbonyl (C=O) groups excluding carboxylic acids is 1. The fraction of sp³-hybridized carbons (Fsp3) is 0.238. The molecular weight excluding hydrogens is 433 g/mol. The minimum atomic E-state index is -4.74. The SMILES string of the molecule is CN(CC(Cc1ccccc1)OP(=O)(O)O)C(=O)c1cncc(C#Cc2cnn(C)n2)c1. The third-order valence-electron chi connectivity index (χ3n) is 4.34. The van der Waals surface area contributed by atoms with Gasteiger partial charge in [-0.05, 0) is 17.6 Å². The summed E-state index contributed by atoms with van der Waals surface area (Å²) in [6, 6.07) is 10.7. The maximum atomic E-state index is 12.9. The van der Waals surface area contributed by atoms with Crippen LogP contribution < -0.4 is 0 Å². The fourth-order valence-corrected chi connectivity index (χ4v) is 3.51. The van der Waals surface area contributed by atoms with Crippen LogP contribution in [-0.4, -0.2) is 60.3 Å². The number of phosphoric ester groups is 1. The van der Waals surface area contributed by atoms with Crippen LogP contribution in [0.2, 0.25) is 0 Å². The van der Waals surface area contributed by atoms with E-state index in [9.17, 15) is 19.1 Å². The molecule has 3 aromatic rings. The Hall–Kier alpha value is -3.35. The molecule has 2 aromatic heterocycles. The second kappa shape index (κ2) is 10.3. The topological polar surface area (TPSA) is 131 Å². The van der Waals surface area contributed by atoms with Crippen LogP contribution in [-0.2, 0) is 22.6 Å². The molecule has 0 bridgehead atoms. The summed E-state index contributed by atoms with van der Waals surface area (Å²) in [5.41, 5.74) is 2.12. The highest BCUT2D eigenvalue weighted by atomic mass is 31.2. The van der Waals surface area contributed by atoms with Crippen LogP contribution in [0.15, 0.2) is 55.0 Å². The number of phosphoric acid groups is 1. The first kappa shape index (κ1) is 23.3.